The van der Waals surface area contributed by atoms with Crippen molar-refractivity contribution in [3.63, 3.8) is 0 Å². The van der Waals surface area contributed by atoms with Crippen LogP contribution >= 0.6 is 11.6 Å². The van der Waals surface area contributed by atoms with Crippen molar-refractivity contribution in [2.45, 2.75) is 32.2 Å². The van der Waals surface area contributed by atoms with Crippen LogP contribution in [0.2, 0.25) is 5.02 Å². The number of carbonyl (C=O) groups excluding carboxylic acids is 2. The van der Waals surface area contributed by atoms with Gasteiger partial charge >= 0.3 is 0 Å². The lowest BCUT2D eigenvalue weighted by atomic mass is 10.1. The van der Waals surface area contributed by atoms with Crippen LogP contribution in [0.4, 0.5) is 5.69 Å². The van der Waals surface area contributed by atoms with Gasteiger partial charge in [-0.2, -0.15) is 0 Å². The van der Waals surface area contributed by atoms with Gasteiger partial charge in [-0.25, -0.2) is 0 Å². The minimum Gasteiger partial charge on any atom is -0.366 e. The van der Waals surface area contributed by atoms with E-state index in [9.17, 15) is 9.59 Å². The van der Waals surface area contributed by atoms with Gasteiger partial charge in [0.2, 0.25) is 11.8 Å². The van der Waals surface area contributed by atoms with Crippen molar-refractivity contribution in [3.05, 3.63) is 28.8 Å². The quantitative estimate of drug-likeness (QED) is 0.743. The molecule has 0 fully saturated rings. The van der Waals surface area contributed by atoms with E-state index < -0.39 is 5.91 Å². The van der Waals surface area contributed by atoms with Crippen LogP contribution in [-0.4, -0.2) is 17.9 Å². The normalized spacial score (nSPS) is 11.9. The molecule has 0 spiro atoms. The maximum atomic E-state index is 11.7. The summed E-state index contributed by atoms with van der Waals surface area (Å²) in [5.74, 6) is -0.831. The Morgan fingerprint density at radius 2 is 2.11 bits per heavy atom. The first-order chi connectivity index (χ1) is 8.93. The standard InChI is InChI=1S/C13H18ClN3O2/c1-2-3-8(15)6-12(18)17-9-4-5-11(14)10(7-9)13(16)19/h4-5,7-8H,2-3,6,15H2,1H3,(H2,16,19)(H,17,18). The van der Waals surface area contributed by atoms with E-state index in [4.69, 9.17) is 23.1 Å². The highest BCUT2D eigenvalue weighted by atomic mass is 35.5. The van der Waals surface area contributed by atoms with E-state index in [0.717, 1.165) is 12.8 Å². The second-order valence-corrected chi connectivity index (χ2v) is 4.77. The Kier molecular flexibility index (Phi) is 5.79. The molecule has 2 amide bonds. The molecule has 5 nitrogen and oxygen atoms in total. The third kappa shape index (κ3) is 4.89. The predicted molar refractivity (Wildman–Crippen MR) is 76.1 cm³/mol. The molecule has 0 aliphatic carbocycles. The summed E-state index contributed by atoms with van der Waals surface area (Å²) < 4.78 is 0. The Morgan fingerprint density at radius 3 is 2.68 bits per heavy atom. The number of carbonyl (C=O) groups is 2. The van der Waals surface area contributed by atoms with Crippen molar-refractivity contribution in [1.82, 2.24) is 0 Å². The van der Waals surface area contributed by atoms with E-state index in [1.54, 1.807) is 6.07 Å². The van der Waals surface area contributed by atoms with E-state index in [0.29, 0.717) is 5.69 Å². The number of amides is 2. The first-order valence-corrected chi connectivity index (χ1v) is 6.46. The molecule has 5 N–H and O–H groups in total. The van der Waals surface area contributed by atoms with E-state index >= 15 is 0 Å². The molecular weight excluding hydrogens is 266 g/mol. The van der Waals surface area contributed by atoms with Gasteiger partial charge in [0.15, 0.2) is 0 Å². The van der Waals surface area contributed by atoms with Crippen LogP contribution in [0.1, 0.15) is 36.5 Å². The van der Waals surface area contributed by atoms with E-state index in [-0.39, 0.29) is 29.0 Å². The van der Waals surface area contributed by atoms with Crippen molar-refractivity contribution in [2.24, 2.45) is 11.5 Å². The highest BCUT2D eigenvalue weighted by Gasteiger charge is 2.11. The summed E-state index contributed by atoms with van der Waals surface area (Å²) in [7, 11) is 0. The van der Waals surface area contributed by atoms with Crippen molar-refractivity contribution in [2.75, 3.05) is 5.32 Å². The highest BCUT2D eigenvalue weighted by Crippen LogP contribution is 2.20. The van der Waals surface area contributed by atoms with Gasteiger partial charge in [0.1, 0.15) is 0 Å². The van der Waals surface area contributed by atoms with Crippen LogP contribution in [0.3, 0.4) is 0 Å². The van der Waals surface area contributed by atoms with Gasteiger partial charge in [0.25, 0.3) is 0 Å². The van der Waals surface area contributed by atoms with Crippen LogP contribution in [0.15, 0.2) is 18.2 Å². The molecular formula is C13H18ClN3O2. The van der Waals surface area contributed by atoms with Crippen LogP contribution in [0, 0.1) is 0 Å². The lowest BCUT2D eigenvalue weighted by molar-refractivity contribution is -0.116. The topological polar surface area (TPSA) is 98.2 Å². The molecule has 1 atom stereocenters. The Bertz CT molecular complexity index is 477. The fourth-order valence-corrected chi connectivity index (χ4v) is 1.93. The molecule has 1 aromatic carbocycles. The predicted octanol–water partition coefficient (Wildman–Crippen LogP) is 1.89. The molecule has 0 saturated carbocycles. The van der Waals surface area contributed by atoms with Crippen molar-refractivity contribution >= 4 is 29.1 Å². The molecule has 1 rings (SSSR count). The van der Waals surface area contributed by atoms with Gasteiger partial charge in [0.05, 0.1) is 10.6 Å². The van der Waals surface area contributed by atoms with Crippen molar-refractivity contribution < 1.29 is 9.59 Å². The number of benzene rings is 1. The fourth-order valence-electron chi connectivity index (χ4n) is 1.71. The zero-order valence-electron chi connectivity index (χ0n) is 10.8. The van der Waals surface area contributed by atoms with Gasteiger partial charge in [-0.1, -0.05) is 24.9 Å². The van der Waals surface area contributed by atoms with Crippen molar-refractivity contribution in [3.8, 4) is 0 Å². The summed E-state index contributed by atoms with van der Waals surface area (Å²) in [5, 5.41) is 2.93. The summed E-state index contributed by atoms with van der Waals surface area (Å²) in [6.45, 7) is 2.01. The summed E-state index contributed by atoms with van der Waals surface area (Å²) in [5.41, 5.74) is 11.6. The molecule has 0 radical (unpaired) electrons. The first-order valence-electron chi connectivity index (χ1n) is 6.08. The lowest BCUT2D eigenvalue weighted by Crippen LogP contribution is -2.27. The molecule has 1 aromatic rings. The number of halogens is 1. The number of rotatable bonds is 6. The molecule has 0 aliphatic heterocycles. The van der Waals surface area contributed by atoms with Gasteiger partial charge in [-0.05, 0) is 24.6 Å². The first kappa shape index (κ1) is 15.5. The fraction of sp³-hybridized carbons (Fsp3) is 0.385. The summed E-state index contributed by atoms with van der Waals surface area (Å²) in [6, 6.07) is 4.42. The van der Waals surface area contributed by atoms with Gasteiger partial charge < -0.3 is 16.8 Å². The summed E-state index contributed by atoms with van der Waals surface area (Å²) >= 11 is 5.82. The minimum absolute atomic E-state index is 0.159. The number of anilines is 1. The number of nitrogens with one attached hydrogen (secondary N) is 1. The molecule has 19 heavy (non-hydrogen) atoms. The zero-order chi connectivity index (χ0) is 14.4. The SMILES string of the molecule is CCCC(N)CC(=O)Nc1ccc(Cl)c(C(N)=O)c1. The van der Waals surface area contributed by atoms with Gasteiger partial charge in [-0.3, -0.25) is 9.59 Å². The Hall–Kier alpha value is -1.59. The molecule has 0 aliphatic rings. The molecule has 0 aromatic heterocycles. The van der Waals surface area contributed by atoms with Crippen LogP contribution < -0.4 is 16.8 Å². The molecule has 0 bridgehead atoms. The number of hydrogen-bond acceptors (Lipinski definition) is 3. The molecule has 1 unspecified atom stereocenters. The zero-order valence-corrected chi connectivity index (χ0v) is 11.5. The van der Waals surface area contributed by atoms with Crippen LogP contribution in [0.5, 0.6) is 0 Å². The Balaban J connectivity index is 2.69. The highest BCUT2D eigenvalue weighted by molar-refractivity contribution is 6.33. The van der Waals surface area contributed by atoms with E-state index in [1.165, 1.54) is 12.1 Å². The molecule has 104 valence electrons. The van der Waals surface area contributed by atoms with E-state index in [2.05, 4.69) is 5.32 Å². The smallest absolute Gasteiger partial charge is 0.250 e. The minimum atomic E-state index is -0.635. The number of primary amides is 1. The third-order valence-corrected chi connectivity index (χ3v) is 2.95. The average Bonchev–Trinajstić information content (AvgIpc) is 2.31. The third-order valence-electron chi connectivity index (χ3n) is 2.62. The molecule has 0 heterocycles. The van der Waals surface area contributed by atoms with E-state index in [1.807, 2.05) is 6.92 Å². The van der Waals surface area contributed by atoms with Crippen LogP contribution in [0.25, 0.3) is 0 Å². The number of nitrogens with two attached hydrogens (primary N) is 2. The average molecular weight is 284 g/mol. The second kappa shape index (κ2) is 7.11. The van der Waals surface area contributed by atoms with Gasteiger partial charge in [0, 0.05) is 18.2 Å². The Morgan fingerprint density at radius 1 is 1.42 bits per heavy atom. The Labute approximate surface area is 117 Å². The summed E-state index contributed by atoms with van der Waals surface area (Å²) in [4.78, 5) is 22.9. The number of hydrogen-bond donors (Lipinski definition) is 3. The second-order valence-electron chi connectivity index (χ2n) is 4.36. The van der Waals surface area contributed by atoms with Gasteiger partial charge in [-0.15, -0.1) is 0 Å². The lowest BCUT2D eigenvalue weighted by Gasteiger charge is -2.11. The molecule has 6 heteroatoms. The van der Waals surface area contributed by atoms with Crippen LogP contribution in [-0.2, 0) is 4.79 Å². The summed E-state index contributed by atoms with van der Waals surface area (Å²) in [6.07, 6.45) is 1.96. The maximum absolute atomic E-state index is 11.7. The van der Waals surface area contributed by atoms with Crippen molar-refractivity contribution in [1.29, 1.82) is 0 Å². The monoisotopic (exact) mass is 283 g/mol. The largest absolute Gasteiger partial charge is 0.366 e. The maximum Gasteiger partial charge on any atom is 0.250 e. The molecule has 0 saturated heterocycles.